The van der Waals surface area contributed by atoms with E-state index < -0.39 is 23.8 Å². The third-order valence-corrected chi connectivity index (χ3v) is 4.22. The number of benzene rings is 2. The Kier molecular flexibility index (Phi) is 5.59. The van der Waals surface area contributed by atoms with E-state index in [-0.39, 0.29) is 5.56 Å². The fourth-order valence-electron chi connectivity index (χ4n) is 1.85. The van der Waals surface area contributed by atoms with Crippen LogP contribution in [0.5, 0.6) is 5.75 Å². The Morgan fingerprint density at radius 2 is 1.88 bits per heavy atom. The summed E-state index contributed by atoms with van der Waals surface area (Å²) < 4.78 is 43.3. The second kappa shape index (κ2) is 7.49. The van der Waals surface area contributed by atoms with Crippen molar-refractivity contribution in [1.29, 1.82) is 5.26 Å². The molecule has 0 fully saturated rings. The van der Waals surface area contributed by atoms with Crippen LogP contribution in [0.4, 0.5) is 13.2 Å². The third-order valence-electron chi connectivity index (χ3n) is 3.14. The smallest absolute Gasteiger partial charge is 0.416 e. The number of hydrogen-bond acceptors (Lipinski definition) is 4. The van der Waals surface area contributed by atoms with Crippen LogP contribution in [-0.4, -0.2) is 17.2 Å². The molecule has 0 bridgehead atoms. The van der Waals surface area contributed by atoms with Crippen molar-refractivity contribution in [1.82, 2.24) is 0 Å². The lowest BCUT2D eigenvalue weighted by atomic mass is 10.1. The van der Waals surface area contributed by atoms with Gasteiger partial charge in [0, 0.05) is 9.79 Å². The maximum atomic E-state index is 12.7. The minimum absolute atomic E-state index is 0.0698. The van der Waals surface area contributed by atoms with Crippen molar-refractivity contribution < 1.29 is 27.8 Å². The van der Waals surface area contributed by atoms with Gasteiger partial charge in [0.25, 0.3) is 0 Å². The van der Waals surface area contributed by atoms with Gasteiger partial charge >= 0.3 is 12.1 Å². The number of ether oxygens (including phenoxy) is 1. The molecule has 0 aromatic heterocycles. The van der Waals surface area contributed by atoms with Crippen LogP contribution in [0.25, 0.3) is 0 Å². The Balaban J connectivity index is 2.17. The molecule has 2 aromatic rings. The van der Waals surface area contributed by atoms with Crippen LogP contribution in [-0.2, 0) is 11.0 Å². The van der Waals surface area contributed by atoms with E-state index in [1.165, 1.54) is 13.0 Å². The molecular formula is C17H12F3NO3S. The lowest BCUT2D eigenvalue weighted by Crippen LogP contribution is -2.22. The van der Waals surface area contributed by atoms with Crippen molar-refractivity contribution in [2.75, 3.05) is 0 Å². The molecule has 1 N–H and O–H groups in total. The molecule has 0 aliphatic heterocycles. The van der Waals surface area contributed by atoms with Gasteiger partial charge in [0.05, 0.1) is 11.1 Å². The maximum absolute atomic E-state index is 12.7. The summed E-state index contributed by atoms with van der Waals surface area (Å²) in [5.41, 5.74) is -0.945. The highest BCUT2D eigenvalue weighted by Crippen LogP contribution is 2.36. The van der Waals surface area contributed by atoms with E-state index >= 15 is 0 Å². The van der Waals surface area contributed by atoms with Gasteiger partial charge in [0.1, 0.15) is 11.8 Å². The number of aliphatic carboxylic acids is 1. The van der Waals surface area contributed by atoms with E-state index in [0.29, 0.717) is 15.5 Å². The van der Waals surface area contributed by atoms with E-state index in [0.717, 1.165) is 23.9 Å². The van der Waals surface area contributed by atoms with Crippen molar-refractivity contribution in [3.63, 3.8) is 0 Å². The van der Waals surface area contributed by atoms with E-state index in [9.17, 15) is 18.0 Å². The second-order valence-electron chi connectivity index (χ2n) is 4.99. The molecule has 1 unspecified atom stereocenters. The highest BCUT2D eigenvalue weighted by Gasteiger charge is 2.31. The van der Waals surface area contributed by atoms with Crippen LogP contribution in [0, 0.1) is 11.3 Å². The van der Waals surface area contributed by atoms with Crippen molar-refractivity contribution in [2.24, 2.45) is 0 Å². The summed E-state index contributed by atoms with van der Waals surface area (Å²) in [6.07, 6.45) is -5.51. The molecule has 1 atom stereocenters. The number of carboxylic acid groups (broad SMARTS) is 1. The van der Waals surface area contributed by atoms with E-state index in [4.69, 9.17) is 15.1 Å². The van der Waals surface area contributed by atoms with Gasteiger partial charge in [-0.25, -0.2) is 4.79 Å². The standard InChI is InChI=1S/C17H12F3NO3S/c1-10(16(22)23)24-13-3-5-14(6-4-13)25-15-7-2-12(17(18,19)20)8-11(15)9-21/h2-8,10H,1H3,(H,22,23). The summed E-state index contributed by atoms with van der Waals surface area (Å²) in [4.78, 5) is 11.8. The highest BCUT2D eigenvalue weighted by atomic mass is 32.2. The first-order valence-corrected chi connectivity index (χ1v) is 7.81. The molecule has 0 saturated carbocycles. The van der Waals surface area contributed by atoms with Gasteiger partial charge in [-0.1, -0.05) is 11.8 Å². The van der Waals surface area contributed by atoms with E-state index in [2.05, 4.69) is 0 Å². The molecule has 4 nitrogen and oxygen atoms in total. The molecule has 2 rings (SSSR count). The number of halogens is 3. The van der Waals surface area contributed by atoms with Crippen LogP contribution in [0.15, 0.2) is 52.3 Å². The van der Waals surface area contributed by atoms with Crippen molar-refractivity contribution >= 4 is 17.7 Å². The number of hydrogen-bond donors (Lipinski definition) is 1. The van der Waals surface area contributed by atoms with Gasteiger partial charge in [-0.3, -0.25) is 0 Å². The Bertz CT molecular complexity index is 813. The van der Waals surface area contributed by atoms with Crippen molar-refractivity contribution in [3.8, 4) is 11.8 Å². The molecule has 0 aliphatic rings. The first kappa shape index (κ1) is 18.7. The third kappa shape index (κ3) is 4.90. The predicted octanol–water partition coefficient (Wildman–Crippen LogP) is 4.58. The van der Waals surface area contributed by atoms with Crippen LogP contribution < -0.4 is 4.74 Å². The highest BCUT2D eigenvalue weighted by molar-refractivity contribution is 7.99. The van der Waals surface area contributed by atoms with Gasteiger partial charge in [-0.05, 0) is 49.4 Å². The summed E-state index contributed by atoms with van der Waals surface area (Å²) in [5, 5.41) is 17.9. The Morgan fingerprint density at radius 3 is 2.40 bits per heavy atom. The monoisotopic (exact) mass is 367 g/mol. The molecule has 25 heavy (non-hydrogen) atoms. The number of carbonyl (C=O) groups is 1. The largest absolute Gasteiger partial charge is 0.479 e. The van der Waals surface area contributed by atoms with Crippen LogP contribution in [0.1, 0.15) is 18.1 Å². The normalized spacial score (nSPS) is 12.3. The molecule has 0 aliphatic carbocycles. The summed E-state index contributed by atoms with van der Waals surface area (Å²) >= 11 is 1.13. The van der Waals surface area contributed by atoms with Gasteiger partial charge in [-0.2, -0.15) is 18.4 Å². The SMILES string of the molecule is CC(Oc1ccc(Sc2ccc(C(F)(F)F)cc2C#N)cc1)C(=O)O. The Hall–Kier alpha value is -2.66. The van der Waals surface area contributed by atoms with Crippen LogP contribution >= 0.6 is 11.8 Å². The summed E-state index contributed by atoms with van der Waals surface area (Å²) in [5.74, 6) is -0.742. The van der Waals surface area contributed by atoms with Gasteiger partial charge in [-0.15, -0.1) is 0 Å². The average molecular weight is 367 g/mol. The van der Waals surface area contributed by atoms with Gasteiger partial charge in [0.15, 0.2) is 6.10 Å². The van der Waals surface area contributed by atoms with Gasteiger partial charge < -0.3 is 9.84 Å². The molecule has 0 spiro atoms. The van der Waals surface area contributed by atoms with Gasteiger partial charge in [0.2, 0.25) is 0 Å². The number of nitrogens with zero attached hydrogens (tertiary/aromatic N) is 1. The topological polar surface area (TPSA) is 70.3 Å². The lowest BCUT2D eigenvalue weighted by Gasteiger charge is -2.11. The quantitative estimate of drug-likeness (QED) is 0.838. The number of alkyl halides is 3. The molecule has 130 valence electrons. The molecular weight excluding hydrogens is 355 g/mol. The number of carboxylic acids is 1. The number of nitriles is 1. The zero-order valence-electron chi connectivity index (χ0n) is 12.9. The van der Waals surface area contributed by atoms with Crippen molar-refractivity contribution in [3.05, 3.63) is 53.6 Å². The fourth-order valence-corrected chi connectivity index (χ4v) is 2.73. The summed E-state index contributed by atoms with van der Waals surface area (Å²) in [6, 6.07) is 11.1. The zero-order valence-corrected chi connectivity index (χ0v) is 13.7. The minimum atomic E-state index is -4.51. The average Bonchev–Trinajstić information content (AvgIpc) is 2.55. The number of rotatable bonds is 5. The van der Waals surface area contributed by atoms with E-state index in [1.54, 1.807) is 30.3 Å². The first-order valence-electron chi connectivity index (χ1n) is 6.99. The molecule has 0 heterocycles. The van der Waals surface area contributed by atoms with Crippen molar-refractivity contribution in [2.45, 2.75) is 29.0 Å². The molecule has 0 saturated heterocycles. The zero-order chi connectivity index (χ0) is 18.6. The summed E-state index contributed by atoms with van der Waals surface area (Å²) in [7, 11) is 0. The summed E-state index contributed by atoms with van der Waals surface area (Å²) in [6.45, 7) is 1.40. The fraction of sp³-hybridized carbons (Fsp3) is 0.176. The Morgan fingerprint density at radius 1 is 1.24 bits per heavy atom. The molecule has 8 heteroatoms. The van der Waals surface area contributed by atoms with Crippen LogP contribution in [0.2, 0.25) is 0 Å². The predicted molar refractivity (Wildman–Crippen MR) is 84.4 cm³/mol. The Labute approximate surface area is 145 Å². The maximum Gasteiger partial charge on any atom is 0.416 e. The van der Waals surface area contributed by atoms with E-state index in [1.807, 2.05) is 0 Å². The molecule has 0 amide bonds. The lowest BCUT2D eigenvalue weighted by molar-refractivity contribution is -0.144. The minimum Gasteiger partial charge on any atom is -0.479 e. The second-order valence-corrected chi connectivity index (χ2v) is 6.11. The molecule has 2 aromatic carbocycles. The first-order chi connectivity index (χ1) is 11.7. The van der Waals surface area contributed by atoms with Crippen LogP contribution in [0.3, 0.4) is 0 Å². The molecule has 0 radical (unpaired) electrons.